The van der Waals surface area contributed by atoms with E-state index in [1.165, 1.54) is 31.4 Å². The average molecular weight is 235 g/mol. The second-order valence-corrected chi connectivity index (χ2v) is 4.57. The quantitative estimate of drug-likeness (QED) is 0.641. The van der Waals surface area contributed by atoms with Gasteiger partial charge in [0.1, 0.15) is 5.75 Å². The molecule has 96 valence electrons. The number of methoxy groups -OCH3 is 1. The maximum absolute atomic E-state index is 5.36. The fraction of sp³-hybridized carbons (Fsp3) is 0.600. The van der Waals surface area contributed by atoms with Crippen LogP contribution in [0.1, 0.15) is 31.7 Å². The molecule has 0 unspecified atom stereocenters. The Bertz CT molecular complexity index is 312. The van der Waals surface area contributed by atoms with Gasteiger partial charge in [-0.3, -0.25) is 0 Å². The lowest BCUT2D eigenvalue weighted by Crippen LogP contribution is -2.22. The molecular weight excluding hydrogens is 210 g/mol. The Hall–Kier alpha value is -1.02. The third-order valence-corrected chi connectivity index (χ3v) is 3.10. The highest BCUT2D eigenvalue weighted by Crippen LogP contribution is 2.17. The molecule has 2 heteroatoms. The summed E-state index contributed by atoms with van der Waals surface area (Å²) in [5.74, 6) is 1.01. The lowest BCUT2D eigenvalue weighted by Gasteiger charge is -2.17. The van der Waals surface area contributed by atoms with Gasteiger partial charge in [-0.2, -0.15) is 0 Å². The normalized spacial score (nSPS) is 10.8. The van der Waals surface area contributed by atoms with Crippen molar-refractivity contribution in [1.29, 1.82) is 0 Å². The number of benzene rings is 1. The van der Waals surface area contributed by atoms with Crippen LogP contribution in [0.15, 0.2) is 24.3 Å². The molecule has 0 radical (unpaired) electrons. The van der Waals surface area contributed by atoms with Crippen molar-refractivity contribution >= 4 is 0 Å². The summed E-state index contributed by atoms with van der Waals surface area (Å²) in [6, 6.07) is 8.29. The van der Waals surface area contributed by atoms with E-state index in [-0.39, 0.29) is 0 Å². The summed E-state index contributed by atoms with van der Waals surface area (Å²) >= 11 is 0. The van der Waals surface area contributed by atoms with E-state index in [1.54, 1.807) is 7.11 Å². The van der Waals surface area contributed by atoms with Gasteiger partial charge in [-0.05, 0) is 38.1 Å². The molecule has 2 nitrogen and oxygen atoms in total. The van der Waals surface area contributed by atoms with Crippen molar-refractivity contribution in [2.24, 2.45) is 0 Å². The van der Waals surface area contributed by atoms with E-state index in [1.807, 2.05) is 12.1 Å². The Balaban J connectivity index is 2.33. The van der Waals surface area contributed by atoms with Gasteiger partial charge in [0.2, 0.25) is 0 Å². The smallest absolute Gasteiger partial charge is 0.122 e. The highest BCUT2D eigenvalue weighted by Gasteiger charge is 2.03. The minimum atomic E-state index is 1.01. The monoisotopic (exact) mass is 235 g/mol. The molecule has 0 aliphatic carbocycles. The number of ether oxygens (including phenoxy) is 1. The number of unbranched alkanes of at least 4 members (excludes halogenated alkanes) is 2. The number of rotatable bonds is 8. The molecule has 0 bridgehead atoms. The first-order chi connectivity index (χ1) is 8.27. The van der Waals surface area contributed by atoms with Crippen LogP contribution in [0.25, 0.3) is 0 Å². The molecule has 0 saturated carbocycles. The summed E-state index contributed by atoms with van der Waals surface area (Å²) in [6.07, 6.45) is 4.99. The molecule has 0 spiro atoms. The van der Waals surface area contributed by atoms with Crippen LogP contribution in [-0.2, 0) is 6.42 Å². The highest BCUT2D eigenvalue weighted by atomic mass is 16.5. The van der Waals surface area contributed by atoms with Gasteiger partial charge in [-0.15, -0.1) is 0 Å². The van der Waals surface area contributed by atoms with Crippen molar-refractivity contribution in [3.05, 3.63) is 29.8 Å². The van der Waals surface area contributed by atoms with Crippen molar-refractivity contribution in [2.75, 3.05) is 27.2 Å². The largest absolute Gasteiger partial charge is 0.496 e. The van der Waals surface area contributed by atoms with Crippen molar-refractivity contribution in [3.63, 3.8) is 0 Å². The highest BCUT2D eigenvalue weighted by molar-refractivity contribution is 5.33. The van der Waals surface area contributed by atoms with E-state index in [0.29, 0.717) is 0 Å². The summed E-state index contributed by atoms with van der Waals surface area (Å²) in [5, 5.41) is 0. The lowest BCUT2D eigenvalue weighted by molar-refractivity contribution is 0.326. The molecular formula is C15H25NO. The molecule has 0 fully saturated rings. The predicted octanol–water partition coefficient (Wildman–Crippen LogP) is 3.36. The molecule has 0 saturated heterocycles. The van der Waals surface area contributed by atoms with Gasteiger partial charge < -0.3 is 9.64 Å². The van der Waals surface area contributed by atoms with Crippen LogP contribution < -0.4 is 4.74 Å². The van der Waals surface area contributed by atoms with Crippen molar-refractivity contribution in [2.45, 2.75) is 32.6 Å². The van der Waals surface area contributed by atoms with Gasteiger partial charge in [-0.25, -0.2) is 0 Å². The molecule has 0 amide bonds. The van der Waals surface area contributed by atoms with Gasteiger partial charge >= 0.3 is 0 Å². The maximum atomic E-state index is 5.36. The number of nitrogens with zero attached hydrogens (tertiary/aromatic N) is 1. The molecule has 0 aliphatic rings. The van der Waals surface area contributed by atoms with Crippen LogP contribution in [0.5, 0.6) is 5.75 Å². The summed E-state index contributed by atoms with van der Waals surface area (Å²) in [5.41, 5.74) is 1.30. The van der Waals surface area contributed by atoms with Crippen molar-refractivity contribution in [1.82, 2.24) is 4.90 Å². The standard InChI is InChI=1S/C15H25NO/c1-4-5-8-12-16(2)13-11-14-9-6-7-10-15(14)17-3/h6-7,9-10H,4-5,8,11-13H2,1-3H3. The van der Waals surface area contributed by atoms with E-state index >= 15 is 0 Å². The Labute approximate surface area is 106 Å². The van der Waals surface area contributed by atoms with Gasteiger partial charge in [0.15, 0.2) is 0 Å². The average Bonchev–Trinajstić information content (AvgIpc) is 2.37. The molecule has 1 aromatic carbocycles. The van der Waals surface area contributed by atoms with Crippen LogP contribution in [0.3, 0.4) is 0 Å². The minimum Gasteiger partial charge on any atom is -0.496 e. The molecule has 1 rings (SSSR count). The summed E-state index contributed by atoms with van der Waals surface area (Å²) in [4.78, 5) is 2.40. The predicted molar refractivity (Wildman–Crippen MR) is 73.7 cm³/mol. The van der Waals surface area contributed by atoms with E-state index in [0.717, 1.165) is 18.7 Å². The first kappa shape index (κ1) is 14.0. The van der Waals surface area contributed by atoms with Crippen LogP contribution in [0.4, 0.5) is 0 Å². The minimum absolute atomic E-state index is 1.01. The molecule has 0 N–H and O–H groups in total. The SMILES string of the molecule is CCCCCN(C)CCc1ccccc1OC. The molecule has 0 heterocycles. The third kappa shape index (κ3) is 5.22. The lowest BCUT2D eigenvalue weighted by atomic mass is 10.1. The molecule has 0 aliphatic heterocycles. The fourth-order valence-corrected chi connectivity index (χ4v) is 1.96. The Morgan fingerprint density at radius 3 is 2.59 bits per heavy atom. The van der Waals surface area contributed by atoms with Crippen LogP contribution in [0.2, 0.25) is 0 Å². The third-order valence-electron chi connectivity index (χ3n) is 3.10. The number of hydrogen-bond acceptors (Lipinski definition) is 2. The zero-order valence-corrected chi connectivity index (χ0v) is 11.4. The zero-order valence-electron chi connectivity index (χ0n) is 11.4. The van der Waals surface area contributed by atoms with E-state index in [9.17, 15) is 0 Å². The summed E-state index contributed by atoms with van der Waals surface area (Å²) in [6.45, 7) is 4.54. The van der Waals surface area contributed by atoms with Gasteiger partial charge in [0.05, 0.1) is 7.11 Å². The molecule has 1 aromatic rings. The molecule has 17 heavy (non-hydrogen) atoms. The van der Waals surface area contributed by atoms with Gasteiger partial charge in [0.25, 0.3) is 0 Å². The van der Waals surface area contributed by atoms with Gasteiger partial charge in [-0.1, -0.05) is 38.0 Å². The Kier molecular flexibility index (Phi) is 6.71. The zero-order chi connectivity index (χ0) is 12.5. The molecule has 0 aromatic heterocycles. The summed E-state index contributed by atoms with van der Waals surface area (Å²) < 4.78 is 5.36. The van der Waals surface area contributed by atoms with Gasteiger partial charge in [0, 0.05) is 6.54 Å². The number of para-hydroxylation sites is 1. The van der Waals surface area contributed by atoms with Crippen LogP contribution >= 0.6 is 0 Å². The first-order valence-corrected chi connectivity index (χ1v) is 6.58. The van der Waals surface area contributed by atoms with E-state index in [4.69, 9.17) is 4.74 Å². The van der Waals surface area contributed by atoms with Crippen molar-refractivity contribution < 1.29 is 4.74 Å². The van der Waals surface area contributed by atoms with E-state index < -0.39 is 0 Å². The topological polar surface area (TPSA) is 12.5 Å². The van der Waals surface area contributed by atoms with Crippen LogP contribution in [0, 0.1) is 0 Å². The Morgan fingerprint density at radius 1 is 1.12 bits per heavy atom. The van der Waals surface area contributed by atoms with E-state index in [2.05, 4.69) is 31.0 Å². The van der Waals surface area contributed by atoms with Crippen LogP contribution in [-0.4, -0.2) is 32.1 Å². The second kappa shape index (κ2) is 8.13. The molecule has 0 atom stereocenters. The fourth-order valence-electron chi connectivity index (χ4n) is 1.96. The number of hydrogen-bond donors (Lipinski definition) is 0. The maximum Gasteiger partial charge on any atom is 0.122 e. The number of likely N-dealkylation sites (N-methyl/N-ethyl adjacent to an activating group) is 1. The summed E-state index contributed by atoms with van der Waals surface area (Å²) in [7, 11) is 3.94. The van der Waals surface area contributed by atoms with Crippen molar-refractivity contribution in [3.8, 4) is 5.75 Å². The first-order valence-electron chi connectivity index (χ1n) is 6.58. The second-order valence-electron chi connectivity index (χ2n) is 4.57. The Morgan fingerprint density at radius 2 is 1.88 bits per heavy atom.